The number of nitrogens with two attached hydrogens (primary N) is 1. The molecule has 0 atom stereocenters. The lowest BCUT2D eigenvalue weighted by Crippen LogP contribution is -2.42. The minimum Gasteiger partial charge on any atom is -0.484 e. The van der Waals surface area contributed by atoms with Crippen LogP contribution in [0.5, 0.6) is 5.75 Å². The van der Waals surface area contributed by atoms with E-state index in [1.54, 1.807) is 24.3 Å². The van der Waals surface area contributed by atoms with E-state index in [0.29, 0.717) is 11.4 Å². The molecule has 136 valence electrons. The fourth-order valence-electron chi connectivity index (χ4n) is 3.60. The number of ether oxygens (including phenoxy) is 1. The SMILES string of the molecule is NC(=O)COc1ccc(NC(=O)C2(c3ccccc3)CCCCC2)cc1. The van der Waals surface area contributed by atoms with Crippen molar-refractivity contribution in [2.24, 2.45) is 5.73 Å². The van der Waals surface area contributed by atoms with E-state index in [-0.39, 0.29) is 12.5 Å². The Bertz CT molecular complexity index is 751. The van der Waals surface area contributed by atoms with Gasteiger partial charge in [0.1, 0.15) is 5.75 Å². The van der Waals surface area contributed by atoms with Crippen molar-refractivity contribution in [2.45, 2.75) is 37.5 Å². The van der Waals surface area contributed by atoms with Gasteiger partial charge in [-0.1, -0.05) is 49.6 Å². The number of hydrogen-bond acceptors (Lipinski definition) is 3. The van der Waals surface area contributed by atoms with Crippen LogP contribution < -0.4 is 15.8 Å². The first-order chi connectivity index (χ1) is 12.6. The van der Waals surface area contributed by atoms with Crippen molar-refractivity contribution < 1.29 is 14.3 Å². The molecule has 3 N–H and O–H groups in total. The summed E-state index contributed by atoms with van der Waals surface area (Å²) in [5.41, 5.74) is 6.39. The molecule has 5 nitrogen and oxygen atoms in total. The van der Waals surface area contributed by atoms with Gasteiger partial charge in [0.15, 0.2) is 6.61 Å². The first-order valence-corrected chi connectivity index (χ1v) is 8.98. The number of benzene rings is 2. The van der Waals surface area contributed by atoms with Gasteiger partial charge in [-0.15, -0.1) is 0 Å². The predicted octanol–water partition coefficient (Wildman–Crippen LogP) is 3.39. The maximum Gasteiger partial charge on any atom is 0.255 e. The first kappa shape index (κ1) is 18.0. The second kappa shape index (κ2) is 8.04. The van der Waals surface area contributed by atoms with E-state index in [9.17, 15) is 9.59 Å². The summed E-state index contributed by atoms with van der Waals surface area (Å²) in [5, 5.41) is 3.06. The lowest BCUT2D eigenvalue weighted by atomic mass is 9.68. The minimum absolute atomic E-state index is 0.0363. The van der Waals surface area contributed by atoms with Crippen LogP contribution in [0.4, 0.5) is 5.69 Å². The van der Waals surface area contributed by atoms with E-state index in [4.69, 9.17) is 10.5 Å². The molecule has 0 radical (unpaired) electrons. The molecular formula is C21H24N2O3. The van der Waals surface area contributed by atoms with Crippen LogP contribution >= 0.6 is 0 Å². The molecule has 1 aliphatic carbocycles. The molecule has 0 spiro atoms. The molecular weight excluding hydrogens is 328 g/mol. The topological polar surface area (TPSA) is 81.4 Å². The Labute approximate surface area is 153 Å². The van der Waals surface area contributed by atoms with Crippen LogP contribution in [0.1, 0.15) is 37.7 Å². The molecule has 3 rings (SSSR count). The van der Waals surface area contributed by atoms with Crippen LogP contribution in [-0.2, 0) is 15.0 Å². The van der Waals surface area contributed by atoms with Gasteiger partial charge in [0, 0.05) is 5.69 Å². The molecule has 0 heterocycles. The molecule has 2 aromatic rings. The van der Waals surface area contributed by atoms with Crippen molar-refractivity contribution in [3.8, 4) is 5.75 Å². The molecule has 2 amide bonds. The monoisotopic (exact) mass is 352 g/mol. The van der Waals surface area contributed by atoms with Crippen LogP contribution in [0, 0.1) is 0 Å². The van der Waals surface area contributed by atoms with Crippen molar-refractivity contribution in [2.75, 3.05) is 11.9 Å². The van der Waals surface area contributed by atoms with Crippen molar-refractivity contribution in [3.05, 3.63) is 60.2 Å². The minimum atomic E-state index is -0.524. The Morgan fingerprint density at radius 1 is 0.962 bits per heavy atom. The van der Waals surface area contributed by atoms with E-state index < -0.39 is 11.3 Å². The van der Waals surface area contributed by atoms with Crippen molar-refractivity contribution in [1.29, 1.82) is 0 Å². The third-order valence-electron chi connectivity index (χ3n) is 4.96. The number of carbonyl (C=O) groups excluding carboxylic acids is 2. The number of primary amides is 1. The Morgan fingerprint density at radius 2 is 1.62 bits per heavy atom. The average Bonchev–Trinajstić information content (AvgIpc) is 2.68. The largest absolute Gasteiger partial charge is 0.484 e. The molecule has 0 aromatic heterocycles. The maximum atomic E-state index is 13.2. The van der Waals surface area contributed by atoms with Gasteiger partial charge in [-0.2, -0.15) is 0 Å². The standard InChI is InChI=1S/C21H24N2O3/c22-19(24)15-26-18-11-9-17(10-12-18)23-20(25)21(13-5-2-6-14-21)16-7-3-1-4-8-16/h1,3-4,7-12H,2,5-6,13-15H2,(H2,22,24)(H,23,25). The molecule has 26 heavy (non-hydrogen) atoms. The van der Waals surface area contributed by atoms with Crippen LogP contribution in [-0.4, -0.2) is 18.4 Å². The van der Waals surface area contributed by atoms with E-state index in [0.717, 1.165) is 31.2 Å². The Balaban J connectivity index is 1.75. The lowest BCUT2D eigenvalue weighted by Gasteiger charge is -2.36. The van der Waals surface area contributed by atoms with Gasteiger partial charge in [0.05, 0.1) is 5.41 Å². The zero-order chi connectivity index (χ0) is 18.4. The van der Waals surface area contributed by atoms with Gasteiger partial charge in [0.2, 0.25) is 5.91 Å². The van der Waals surface area contributed by atoms with Crippen molar-refractivity contribution in [1.82, 2.24) is 0 Å². The number of amides is 2. The second-order valence-electron chi connectivity index (χ2n) is 6.74. The Hall–Kier alpha value is -2.82. The summed E-state index contributed by atoms with van der Waals surface area (Å²) in [6.07, 6.45) is 5.02. The van der Waals surface area contributed by atoms with Gasteiger partial charge in [-0.25, -0.2) is 0 Å². The summed E-state index contributed by atoms with van der Waals surface area (Å²) in [5.74, 6) is 0.0518. The van der Waals surface area contributed by atoms with E-state index >= 15 is 0 Å². The van der Waals surface area contributed by atoms with Crippen LogP contribution in [0.15, 0.2) is 54.6 Å². The number of hydrogen-bond donors (Lipinski definition) is 2. The average molecular weight is 352 g/mol. The molecule has 2 aromatic carbocycles. The van der Waals surface area contributed by atoms with E-state index in [2.05, 4.69) is 5.32 Å². The number of nitrogens with one attached hydrogen (secondary N) is 1. The van der Waals surface area contributed by atoms with Crippen LogP contribution in [0.25, 0.3) is 0 Å². The summed E-state index contributed by atoms with van der Waals surface area (Å²) < 4.78 is 5.25. The van der Waals surface area contributed by atoms with Crippen molar-refractivity contribution in [3.63, 3.8) is 0 Å². The van der Waals surface area contributed by atoms with E-state index in [1.165, 1.54) is 6.42 Å². The first-order valence-electron chi connectivity index (χ1n) is 8.98. The Kier molecular flexibility index (Phi) is 5.56. The summed E-state index contributed by atoms with van der Waals surface area (Å²) >= 11 is 0. The molecule has 0 aliphatic heterocycles. The normalized spacial score (nSPS) is 15.8. The van der Waals surface area contributed by atoms with Crippen molar-refractivity contribution >= 4 is 17.5 Å². The number of anilines is 1. The number of rotatable bonds is 6. The summed E-state index contributed by atoms with van der Waals surface area (Å²) in [6.45, 7) is -0.164. The highest BCUT2D eigenvalue weighted by Crippen LogP contribution is 2.40. The smallest absolute Gasteiger partial charge is 0.255 e. The zero-order valence-electron chi connectivity index (χ0n) is 14.7. The van der Waals surface area contributed by atoms with Gasteiger partial charge in [-0.3, -0.25) is 9.59 Å². The van der Waals surface area contributed by atoms with Gasteiger partial charge in [-0.05, 0) is 42.7 Å². The maximum absolute atomic E-state index is 13.2. The lowest BCUT2D eigenvalue weighted by molar-refractivity contribution is -0.123. The summed E-state index contributed by atoms with van der Waals surface area (Å²) in [4.78, 5) is 24.0. The highest BCUT2D eigenvalue weighted by molar-refractivity contribution is 5.99. The zero-order valence-corrected chi connectivity index (χ0v) is 14.7. The molecule has 0 bridgehead atoms. The summed E-state index contributed by atoms with van der Waals surface area (Å²) in [6, 6.07) is 17.0. The molecule has 0 saturated heterocycles. The molecule has 0 unspecified atom stereocenters. The molecule has 1 saturated carbocycles. The van der Waals surface area contributed by atoms with Gasteiger partial charge >= 0.3 is 0 Å². The number of carbonyl (C=O) groups is 2. The third-order valence-corrected chi connectivity index (χ3v) is 4.96. The fourth-order valence-corrected chi connectivity index (χ4v) is 3.60. The predicted molar refractivity (Wildman–Crippen MR) is 101 cm³/mol. The van der Waals surface area contributed by atoms with Gasteiger partial charge < -0.3 is 15.8 Å². The highest BCUT2D eigenvalue weighted by Gasteiger charge is 2.40. The van der Waals surface area contributed by atoms with E-state index in [1.807, 2.05) is 30.3 Å². The Morgan fingerprint density at radius 3 is 2.23 bits per heavy atom. The van der Waals surface area contributed by atoms with Crippen LogP contribution in [0.2, 0.25) is 0 Å². The van der Waals surface area contributed by atoms with Gasteiger partial charge in [0.25, 0.3) is 5.91 Å². The highest BCUT2D eigenvalue weighted by atomic mass is 16.5. The molecule has 1 aliphatic rings. The van der Waals surface area contributed by atoms with Crippen LogP contribution in [0.3, 0.4) is 0 Å². The third kappa shape index (κ3) is 4.04. The second-order valence-corrected chi connectivity index (χ2v) is 6.74. The fraction of sp³-hybridized carbons (Fsp3) is 0.333. The molecule has 5 heteroatoms. The summed E-state index contributed by atoms with van der Waals surface area (Å²) in [7, 11) is 0. The quantitative estimate of drug-likeness (QED) is 0.836. The molecule has 1 fully saturated rings.